The van der Waals surface area contributed by atoms with Gasteiger partial charge in [0.15, 0.2) is 5.82 Å². The Bertz CT molecular complexity index is 662. The molecule has 0 aliphatic heterocycles. The Hall–Kier alpha value is -1.94. The van der Waals surface area contributed by atoms with Gasteiger partial charge in [0.05, 0.1) is 6.54 Å². The van der Waals surface area contributed by atoms with Crippen molar-refractivity contribution in [3.8, 4) is 0 Å². The van der Waals surface area contributed by atoms with Crippen LogP contribution in [0.25, 0.3) is 0 Å². The van der Waals surface area contributed by atoms with Crippen molar-refractivity contribution >= 4 is 15.8 Å². The molecule has 0 bridgehead atoms. The number of hydrogen-bond acceptors (Lipinski definition) is 6. The number of aromatic nitrogens is 5. The number of hydrogen-bond donors (Lipinski definition) is 2. The van der Waals surface area contributed by atoms with E-state index in [1.165, 1.54) is 24.3 Å². The minimum absolute atomic E-state index is 0.00266. The monoisotopic (exact) mass is 299 g/mol. The van der Waals surface area contributed by atoms with Crippen molar-refractivity contribution in [2.75, 3.05) is 12.8 Å². The van der Waals surface area contributed by atoms with Gasteiger partial charge in [-0.15, -0.1) is 0 Å². The van der Waals surface area contributed by atoms with E-state index in [-0.39, 0.29) is 17.3 Å². The van der Waals surface area contributed by atoms with Crippen LogP contribution in [0.4, 0.5) is 5.82 Å². The van der Waals surface area contributed by atoms with Crippen LogP contribution >= 0.6 is 0 Å². The second-order valence-corrected chi connectivity index (χ2v) is 6.35. The molecular formula is C10H17N7O2S. The molecule has 10 heteroatoms. The lowest BCUT2D eigenvalue weighted by molar-refractivity contribution is 0.457. The second kappa shape index (κ2) is 5.59. The molecule has 9 nitrogen and oxygen atoms in total. The summed E-state index contributed by atoms with van der Waals surface area (Å²) in [5.41, 5.74) is 5.70. The summed E-state index contributed by atoms with van der Waals surface area (Å²) in [5.74, 6) is 0.457. The van der Waals surface area contributed by atoms with Gasteiger partial charge in [-0.25, -0.2) is 13.4 Å². The third-order valence-electron chi connectivity index (χ3n) is 2.73. The number of anilines is 1. The molecule has 0 aromatic carbocycles. The average molecular weight is 299 g/mol. The summed E-state index contributed by atoms with van der Waals surface area (Å²) < 4.78 is 27.5. The predicted octanol–water partition coefficient (Wildman–Crippen LogP) is -0.186. The first-order valence-corrected chi connectivity index (χ1v) is 7.52. The van der Waals surface area contributed by atoms with Crippen molar-refractivity contribution in [1.29, 1.82) is 0 Å². The molecule has 20 heavy (non-hydrogen) atoms. The van der Waals surface area contributed by atoms with Gasteiger partial charge < -0.3 is 5.73 Å². The van der Waals surface area contributed by atoms with Gasteiger partial charge in [0, 0.05) is 19.8 Å². The van der Waals surface area contributed by atoms with E-state index in [0.717, 1.165) is 10.7 Å². The van der Waals surface area contributed by atoms with Crippen molar-refractivity contribution in [3.63, 3.8) is 0 Å². The summed E-state index contributed by atoms with van der Waals surface area (Å²) in [5, 5.41) is 10.3. The van der Waals surface area contributed by atoms with Crippen LogP contribution in [0.5, 0.6) is 0 Å². The number of H-pyrrole nitrogens is 1. The van der Waals surface area contributed by atoms with Gasteiger partial charge in [-0.3, -0.25) is 9.78 Å². The number of rotatable bonds is 6. The molecule has 0 saturated heterocycles. The number of nitrogen functional groups attached to an aromatic ring is 1. The molecule has 2 rings (SSSR count). The van der Waals surface area contributed by atoms with Gasteiger partial charge in [0.25, 0.3) is 0 Å². The summed E-state index contributed by atoms with van der Waals surface area (Å²) in [4.78, 5) is 3.90. The van der Waals surface area contributed by atoms with Crippen molar-refractivity contribution < 1.29 is 8.42 Å². The maximum absolute atomic E-state index is 12.4. The van der Waals surface area contributed by atoms with Gasteiger partial charge in [0.1, 0.15) is 17.0 Å². The number of nitrogens with one attached hydrogen (secondary N) is 1. The molecule has 110 valence electrons. The lowest BCUT2D eigenvalue weighted by atomic mass is 10.5. The smallest absolute Gasteiger partial charge is 0.248 e. The first-order valence-electron chi connectivity index (χ1n) is 6.08. The van der Waals surface area contributed by atoms with Crippen LogP contribution in [0, 0.1) is 0 Å². The number of aryl methyl sites for hydroxylation is 1. The molecular weight excluding hydrogens is 282 g/mol. The third-order valence-corrected chi connectivity index (χ3v) is 4.55. The molecule has 0 spiro atoms. The largest absolute Gasteiger partial charge is 0.381 e. The summed E-state index contributed by atoms with van der Waals surface area (Å²) in [6, 6.07) is 0. The van der Waals surface area contributed by atoms with Crippen LogP contribution in [0.15, 0.2) is 17.4 Å². The molecule has 0 aliphatic rings. The highest BCUT2D eigenvalue weighted by Gasteiger charge is 2.26. The van der Waals surface area contributed by atoms with E-state index in [4.69, 9.17) is 5.73 Å². The molecule has 0 aliphatic carbocycles. The topological polar surface area (TPSA) is 123 Å². The standard InChI is InChI=1S/C10H17N7O2S/c1-3-4-17-5-8(10(11)15-17)20(18,19)16(2)6-9-12-7-13-14-9/h5,7H,3-4,6H2,1-2H3,(H2,11,15)(H,12,13,14). The van der Waals surface area contributed by atoms with Gasteiger partial charge >= 0.3 is 0 Å². The molecule has 0 saturated carbocycles. The van der Waals surface area contributed by atoms with Crippen LogP contribution in [-0.2, 0) is 23.1 Å². The zero-order valence-corrected chi connectivity index (χ0v) is 12.1. The number of nitrogens with zero attached hydrogens (tertiary/aromatic N) is 5. The van der Waals surface area contributed by atoms with Crippen LogP contribution in [-0.4, -0.2) is 44.7 Å². The fraction of sp³-hybridized carbons (Fsp3) is 0.500. The number of aromatic amines is 1. The van der Waals surface area contributed by atoms with Gasteiger partial charge in [-0.2, -0.15) is 14.5 Å². The first-order chi connectivity index (χ1) is 9.45. The highest BCUT2D eigenvalue weighted by Crippen LogP contribution is 2.21. The fourth-order valence-corrected chi connectivity index (χ4v) is 2.92. The molecule has 0 atom stereocenters. The van der Waals surface area contributed by atoms with Crippen molar-refractivity contribution in [3.05, 3.63) is 18.3 Å². The highest BCUT2D eigenvalue weighted by atomic mass is 32.2. The van der Waals surface area contributed by atoms with Gasteiger partial charge in [-0.05, 0) is 6.42 Å². The molecule has 0 unspecified atom stereocenters. The predicted molar refractivity (Wildman–Crippen MR) is 72.0 cm³/mol. The number of sulfonamides is 1. The van der Waals surface area contributed by atoms with E-state index in [1.807, 2.05) is 6.92 Å². The van der Waals surface area contributed by atoms with Crippen LogP contribution in [0.1, 0.15) is 19.2 Å². The molecule has 0 fully saturated rings. The Morgan fingerprint density at radius 3 is 2.85 bits per heavy atom. The average Bonchev–Trinajstić information content (AvgIpc) is 2.99. The van der Waals surface area contributed by atoms with E-state index >= 15 is 0 Å². The SMILES string of the molecule is CCCn1cc(S(=O)(=O)N(C)Cc2ncn[nH]2)c(N)n1. The fourth-order valence-electron chi connectivity index (χ4n) is 1.73. The van der Waals surface area contributed by atoms with E-state index in [9.17, 15) is 8.42 Å². The summed E-state index contributed by atoms with van der Waals surface area (Å²) in [6.07, 6.45) is 3.61. The van der Waals surface area contributed by atoms with E-state index in [1.54, 1.807) is 0 Å². The zero-order chi connectivity index (χ0) is 14.8. The Balaban J connectivity index is 2.25. The van der Waals surface area contributed by atoms with E-state index in [0.29, 0.717) is 12.4 Å². The summed E-state index contributed by atoms with van der Waals surface area (Å²) in [6.45, 7) is 2.67. The quantitative estimate of drug-likeness (QED) is 0.762. The van der Waals surface area contributed by atoms with Gasteiger partial charge in [0.2, 0.25) is 10.0 Å². The maximum Gasteiger partial charge on any atom is 0.248 e. The minimum Gasteiger partial charge on any atom is -0.381 e. The summed E-state index contributed by atoms with van der Waals surface area (Å²) in [7, 11) is -2.25. The molecule has 0 radical (unpaired) electrons. The normalized spacial score (nSPS) is 12.2. The Morgan fingerprint density at radius 2 is 2.25 bits per heavy atom. The first kappa shape index (κ1) is 14.5. The van der Waals surface area contributed by atoms with E-state index < -0.39 is 10.0 Å². The van der Waals surface area contributed by atoms with Crippen LogP contribution < -0.4 is 5.73 Å². The second-order valence-electron chi connectivity index (χ2n) is 4.33. The van der Waals surface area contributed by atoms with Crippen molar-refractivity contribution in [2.45, 2.75) is 31.3 Å². The van der Waals surface area contributed by atoms with Crippen molar-refractivity contribution in [1.82, 2.24) is 29.3 Å². The molecule has 0 amide bonds. The molecule has 3 N–H and O–H groups in total. The van der Waals surface area contributed by atoms with Crippen molar-refractivity contribution in [2.24, 2.45) is 0 Å². The van der Waals surface area contributed by atoms with Gasteiger partial charge in [-0.1, -0.05) is 6.92 Å². The lowest BCUT2D eigenvalue weighted by Gasteiger charge is -2.14. The Labute approximate surface area is 116 Å². The van der Waals surface area contributed by atoms with E-state index in [2.05, 4.69) is 20.3 Å². The van der Waals surface area contributed by atoms with Crippen LogP contribution in [0.2, 0.25) is 0 Å². The molecule has 2 aromatic heterocycles. The molecule has 2 aromatic rings. The molecule has 2 heterocycles. The number of nitrogens with two attached hydrogens (primary N) is 1. The Kier molecular flexibility index (Phi) is 4.04. The summed E-state index contributed by atoms with van der Waals surface area (Å²) >= 11 is 0. The lowest BCUT2D eigenvalue weighted by Crippen LogP contribution is -2.27. The minimum atomic E-state index is -3.71. The van der Waals surface area contributed by atoms with Crippen LogP contribution in [0.3, 0.4) is 0 Å². The highest BCUT2D eigenvalue weighted by molar-refractivity contribution is 7.89. The zero-order valence-electron chi connectivity index (χ0n) is 11.3. The third kappa shape index (κ3) is 2.80. The Morgan fingerprint density at radius 1 is 1.50 bits per heavy atom. The maximum atomic E-state index is 12.4.